The smallest absolute Gasteiger partial charge is 0.229 e. The molecule has 3 aromatic heterocycles. The lowest BCUT2D eigenvalue weighted by atomic mass is 10.1. The Hall–Kier alpha value is -2.90. The van der Waals surface area contributed by atoms with Gasteiger partial charge in [-0.25, -0.2) is 0 Å². The molecule has 0 unspecified atom stereocenters. The Kier molecular flexibility index (Phi) is 4.69. The van der Waals surface area contributed by atoms with Crippen molar-refractivity contribution >= 4 is 28.9 Å². The lowest BCUT2D eigenvalue weighted by molar-refractivity contribution is 0.625. The highest BCUT2D eigenvalue weighted by Gasteiger charge is 2.14. The number of hydrogen-bond donors (Lipinski definition) is 4. The number of aromatic nitrogens is 5. The third kappa shape index (κ3) is 4.56. The van der Waals surface area contributed by atoms with Crippen molar-refractivity contribution in [2.75, 3.05) is 22.5 Å². The standard InChI is InChI=1S/C17H24N8/c1-5-18-14-22-15(24-16(23-14)25-17(2,3)4)20-10-11-9-13-12(21-11)7-6-8-19-13/h6-9,21H,5,10H2,1-4H3,(H3,18,20,22,23,24,25). The van der Waals surface area contributed by atoms with E-state index < -0.39 is 0 Å². The van der Waals surface area contributed by atoms with Crippen molar-refractivity contribution in [3.8, 4) is 0 Å². The fourth-order valence-corrected chi connectivity index (χ4v) is 2.37. The van der Waals surface area contributed by atoms with Crippen LogP contribution in [-0.4, -0.2) is 37.0 Å². The van der Waals surface area contributed by atoms with Gasteiger partial charge in [-0.3, -0.25) is 4.98 Å². The summed E-state index contributed by atoms with van der Waals surface area (Å²) in [6.07, 6.45) is 1.78. The zero-order valence-corrected chi connectivity index (χ0v) is 15.0. The van der Waals surface area contributed by atoms with E-state index in [1.54, 1.807) is 6.20 Å². The molecule has 8 nitrogen and oxygen atoms in total. The molecule has 0 aromatic carbocycles. The Morgan fingerprint density at radius 2 is 1.76 bits per heavy atom. The van der Waals surface area contributed by atoms with Crippen LogP contribution in [-0.2, 0) is 6.54 Å². The summed E-state index contributed by atoms with van der Waals surface area (Å²) in [5, 5.41) is 9.66. The number of pyridine rings is 1. The van der Waals surface area contributed by atoms with Crippen molar-refractivity contribution in [2.45, 2.75) is 39.8 Å². The molecule has 0 spiro atoms. The molecule has 3 aromatic rings. The molecular formula is C17H24N8. The van der Waals surface area contributed by atoms with Gasteiger partial charge in [-0.15, -0.1) is 0 Å². The molecule has 0 saturated carbocycles. The molecule has 4 N–H and O–H groups in total. The summed E-state index contributed by atoms with van der Waals surface area (Å²) in [6, 6.07) is 5.93. The number of rotatable bonds is 6. The first-order chi connectivity index (χ1) is 11.9. The molecule has 25 heavy (non-hydrogen) atoms. The van der Waals surface area contributed by atoms with Crippen LogP contribution in [0.5, 0.6) is 0 Å². The predicted molar refractivity (Wildman–Crippen MR) is 101 cm³/mol. The van der Waals surface area contributed by atoms with Crippen LogP contribution in [0.1, 0.15) is 33.4 Å². The van der Waals surface area contributed by atoms with Gasteiger partial charge in [-0.1, -0.05) is 0 Å². The molecule has 0 aliphatic rings. The van der Waals surface area contributed by atoms with Crippen LogP contribution in [0.15, 0.2) is 24.4 Å². The first-order valence-corrected chi connectivity index (χ1v) is 8.37. The van der Waals surface area contributed by atoms with E-state index in [0.717, 1.165) is 23.3 Å². The summed E-state index contributed by atoms with van der Waals surface area (Å²) in [7, 11) is 0. The van der Waals surface area contributed by atoms with Gasteiger partial charge in [0, 0.05) is 24.0 Å². The number of aromatic amines is 1. The van der Waals surface area contributed by atoms with Crippen molar-refractivity contribution in [3.05, 3.63) is 30.1 Å². The lowest BCUT2D eigenvalue weighted by Gasteiger charge is -2.21. The maximum atomic E-state index is 4.46. The van der Waals surface area contributed by atoms with Crippen molar-refractivity contribution in [2.24, 2.45) is 0 Å². The Bertz CT molecular complexity index is 816. The van der Waals surface area contributed by atoms with Gasteiger partial charge in [0.05, 0.1) is 17.6 Å². The van der Waals surface area contributed by atoms with Gasteiger partial charge < -0.3 is 20.9 Å². The Balaban J connectivity index is 1.77. The summed E-state index contributed by atoms with van der Waals surface area (Å²) in [5.41, 5.74) is 2.84. The fourth-order valence-electron chi connectivity index (χ4n) is 2.37. The second-order valence-corrected chi connectivity index (χ2v) is 6.80. The van der Waals surface area contributed by atoms with Gasteiger partial charge in [0.25, 0.3) is 0 Å². The third-order valence-corrected chi connectivity index (χ3v) is 3.34. The van der Waals surface area contributed by atoms with Crippen LogP contribution in [0.25, 0.3) is 11.0 Å². The van der Waals surface area contributed by atoms with Gasteiger partial charge in [-0.05, 0) is 45.9 Å². The normalized spacial score (nSPS) is 11.5. The van der Waals surface area contributed by atoms with Gasteiger partial charge in [0.15, 0.2) is 0 Å². The molecule has 0 aliphatic heterocycles. The summed E-state index contributed by atoms with van der Waals surface area (Å²) in [5.74, 6) is 1.61. The van der Waals surface area contributed by atoms with Gasteiger partial charge in [-0.2, -0.15) is 15.0 Å². The van der Waals surface area contributed by atoms with E-state index in [-0.39, 0.29) is 5.54 Å². The summed E-state index contributed by atoms with van der Waals surface area (Å²) in [4.78, 5) is 20.9. The Labute approximate surface area is 146 Å². The average Bonchev–Trinajstić information content (AvgIpc) is 2.94. The quantitative estimate of drug-likeness (QED) is 0.547. The number of H-pyrrole nitrogens is 1. The SMILES string of the molecule is CCNc1nc(NCc2cc3ncccc3[nH]2)nc(NC(C)(C)C)n1. The number of nitrogens with one attached hydrogen (secondary N) is 4. The lowest BCUT2D eigenvalue weighted by Crippen LogP contribution is -2.28. The van der Waals surface area contributed by atoms with Gasteiger partial charge in [0.2, 0.25) is 17.8 Å². The molecule has 0 amide bonds. The topological polar surface area (TPSA) is 103 Å². The molecule has 3 rings (SSSR count). The first-order valence-electron chi connectivity index (χ1n) is 8.37. The van der Waals surface area contributed by atoms with E-state index in [0.29, 0.717) is 24.4 Å². The summed E-state index contributed by atoms with van der Waals surface area (Å²) < 4.78 is 0. The van der Waals surface area contributed by atoms with Crippen molar-refractivity contribution in [1.29, 1.82) is 0 Å². The molecule has 0 atom stereocenters. The molecule has 0 fully saturated rings. The number of nitrogens with zero attached hydrogens (tertiary/aromatic N) is 4. The van der Waals surface area contributed by atoms with E-state index in [1.165, 1.54) is 0 Å². The van der Waals surface area contributed by atoms with Crippen LogP contribution in [0.4, 0.5) is 17.8 Å². The molecule has 0 saturated heterocycles. The molecule has 0 bridgehead atoms. The summed E-state index contributed by atoms with van der Waals surface area (Å²) >= 11 is 0. The molecule has 3 heterocycles. The largest absolute Gasteiger partial charge is 0.356 e. The monoisotopic (exact) mass is 340 g/mol. The van der Waals surface area contributed by atoms with Crippen LogP contribution >= 0.6 is 0 Å². The van der Waals surface area contributed by atoms with Crippen LogP contribution < -0.4 is 16.0 Å². The van der Waals surface area contributed by atoms with E-state index in [9.17, 15) is 0 Å². The highest BCUT2D eigenvalue weighted by Crippen LogP contribution is 2.16. The fraction of sp³-hybridized carbons (Fsp3) is 0.412. The third-order valence-electron chi connectivity index (χ3n) is 3.34. The van der Waals surface area contributed by atoms with Crippen molar-refractivity contribution < 1.29 is 0 Å². The summed E-state index contributed by atoms with van der Waals surface area (Å²) in [6.45, 7) is 9.51. The minimum atomic E-state index is -0.134. The van der Waals surface area contributed by atoms with Gasteiger partial charge in [0.1, 0.15) is 0 Å². The van der Waals surface area contributed by atoms with Crippen LogP contribution in [0.2, 0.25) is 0 Å². The van der Waals surface area contributed by atoms with Crippen LogP contribution in [0.3, 0.4) is 0 Å². The molecular weight excluding hydrogens is 316 g/mol. The van der Waals surface area contributed by atoms with Crippen LogP contribution in [0, 0.1) is 0 Å². The van der Waals surface area contributed by atoms with E-state index in [2.05, 4.69) is 61.6 Å². The number of hydrogen-bond acceptors (Lipinski definition) is 7. The number of fused-ring (bicyclic) bond motifs is 1. The first kappa shape index (κ1) is 16.9. The second-order valence-electron chi connectivity index (χ2n) is 6.80. The molecule has 132 valence electrons. The van der Waals surface area contributed by atoms with Crippen molar-refractivity contribution in [3.63, 3.8) is 0 Å². The predicted octanol–water partition coefficient (Wildman–Crippen LogP) is 3.00. The zero-order valence-electron chi connectivity index (χ0n) is 15.0. The Morgan fingerprint density at radius 1 is 1.04 bits per heavy atom. The van der Waals surface area contributed by atoms with E-state index in [1.807, 2.05) is 25.1 Å². The van der Waals surface area contributed by atoms with E-state index >= 15 is 0 Å². The molecule has 0 aliphatic carbocycles. The van der Waals surface area contributed by atoms with Gasteiger partial charge >= 0.3 is 0 Å². The average molecular weight is 340 g/mol. The number of anilines is 3. The maximum Gasteiger partial charge on any atom is 0.229 e. The minimum absolute atomic E-state index is 0.134. The molecule has 0 radical (unpaired) electrons. The maximum absolute atomic E-state index is 4.46. The molecule has 8 heteroatoms. The zero-order chi connectivity index (χ0) is 17.9. The highest BCUT2D eigenvalue weighted by atomic mass is 15.3. The van der Waals surface area contributed by atoms with Crippen molar-refractivity contribution in [1.82, 2.24) is 24.9 Å². The highest BCUT2D eigenvalue weighted by molar-refractivity contribution is 5.75. The Morgan fingerprint density at radius 3 is 2.44 bits per heavy atom. The second kappa shape index (κ2) is 6.92. The minimum Gasteiger partial charge on any atom is -0.356 e. The van der Waals surface area contributed by atoms with E-state index in [4.69, 9.17) is 0 Å².